The van der Waals surface area contributed by atoms with E-state index in [1.54, 1.807) is 0 Å². The molecule has 0 saturated heterocycles. The highest BCUT2D eigenvalue weighted by atomic mass is 16.1. The monoisotopic (exact) mass is 486 g/mol. The molecule has 0 bridgehead atoms. The van der Waals surface area contributed by atoms with Crippen molar-refractivity contribution in [3.05, 3.63) is 87.0 Å². The van der Waals surface area contributed by atoms with Crippen LogP contribution in [0.4, 0.5) is 0 Å². The number of hydrogen-bond donors (Lipinski definition) is 1. The quantitative estimate of drug-likeness (QED) is 0.305. The maximum Gasteiger partial charge on any atom is 0.252 e. The Hall–Kier alpha value is -3.32. The Morgan fingerprint density at radius 2 is 1.75 bits per heavy atom. The van der Waals surface area contributed by atoms with E-state index in [1.807, 2.05) is 16.8 Å². The van der Waals surface area contributed by atoms with Crippen molar-refractivity contribution >= 4 is 10.9 Å². The largest absolute Gasteiger partial charge is 0.322 e. The maximum atomic E-state index is 13.2. The lowest BCUT2D eigenvalue weighted by atomic mass is 10.00. The number of pyridine rings is 1. The van der Waals surface area contributed by atoms with Crippen LogP contribution in [-0.4, -0.2) is 30.1 Å². The lowest BCUT2D eigenvalue weighted by Crippen LogP contribution is -2.36. The van der Waals surface area contributed by atoms with Gasteiger partial charge in [0.2, 0.25) is 0 Å². The molecule has 1 atom stereocenters. The SMILES string of the molecule is CCCC(c1nnnn1C(C)(C)CC)N(Cc1ccccc1)Cc1cc2cc(C)c(C)cc2[nH]c1=O. The highest BCUT2D eigenvalue weighted by Gasteiger charge is 2.31. The molecule has 2 aromatic carbocycles. The molecule has 0 spiro atoms. The molecular formula is C29H38N6O. The number of aromatic nitrogens is 5. The van der Waals surface area contributed by atoms with Crippen molar-refractivity contribution in [2.75, 3.05) is 0 Å². The van der Waals surface area contributed by atoms with Gasteiger partial charge in [-0.05, 0) is 91.2 Å². The Morgan fingerprint density at radius 1 is 1.03 bits per heavy atom. The van der Waals surface area contributed by atoms with Crippen LogP contribution >= 0.6 is 0 Å². The molecule has 0 aliphatic carbocycles. The fourth-order valence-corrected chi connectivity index (χ4v) is 4.68. The van der Waals surface area contributed by atoms with E-state index in [0.29, 0.717) is 13.1 Å². The molecule has 0 fully saturated rings. The number of hydrogen-bond acceptors (Lipinski definition) is 5. The van der Waals surface area contributed by atoms with Gasteiger partial charge in [0, 0.05) is 24.2 Å². The fraction of sp³-hybridized carbons (Fsp3) is 0.448. The van der Waals surface area contributed by atoms with Crippen LogP contribution in [0.1, 0.15) is 81.1 Å². The van der Waals surface area contributed by atoms with Crippen LogP contribution in [0.25, 0.3) is 10.9 Å². The van der Waals surface area contributed by atoms with Crippen LogP contribution in [0.3, 0.4) is 0 Å². The summed E-state index contributed by atoms with van der Waals surface area (Å²) >= 11 is 0. The van der Waals surface area contributed by atoms with E-state index in [-0.39, 0.29) is 17.1 Å². The second-order valence-electron chi connectivity index (χ2n) is 10.5. The molecule has 4 aromatic rings. The second kappa shape index (κ2) is 10.7. The van der Waals surface area contributed by atoms with Crippen LogP contribution in [0.2, 0.25) is 0 Å². The second-order valence-corrected chi connectivity index (χ2v) is 10.5. The van der Waals surface area contributed by atoms with E-state index in [0.717, 1.165) is 41.6 Å². The number of nitrogens with one attached hydrogen (secondary N) is 1. The Morgan fingerprint density at radius 3 is 2.44 bits per heavy atom. The van der Waals surface area contributed by atoms with Gasteiger partial charge in [0.25, 0.3) is 5.56 Å². The van der Waals surface area contributed by atoms with Crippen molar-refractivity contribution in [2.45, 2.75) is 85.5 Å². The topological polar surface area (TPSA) is 79.7 Å². The summed E-state index contributed by atoms with van der Waals surface area (Å²) in [6.07, 6.45) is 2.77. The first-order valence-electron chi connectivity index (χ1n) is 12.9. The molecule has 190 valence electrons. The number of fused-ring (bicyclic) bond motifs is 1. The van der Waals surface area contributed by atoms with E-state index >= 15 is 0 Å². The van der Waals surface area contributed by atoms with Crippen molar-refractivity contribution in [3.63, 3.8) is 0 Å². The Bertz CT molecular complexity index is 1370. The van der Waals surface area contributed by atoms with E-state index in [9.17, 15) is 4.79 Å². The third kappa shape index (κ3) is 5.41. The lowest BCUT2D eigenvalue weighted by Gasteiger charge is -2.33. The normalized spacial score (nSPS) is 13.0. The van der Waals surface area contributed by atoms with Gasteiger partial charge in [-0.1, -0.05) is 50.6 Å². The van der Waals surface area contributed by atoms with Gasteiger partial charge in [0.1, 0.15) is 0 Å². The van der Waals surface area contributed by atoms with Crippen molar-refractivity contribution < 1.29 is 0 Å². The molecule has 0 aliphatic rings. The van der Waals surface area contributed by atoms with Crippen molar-refractivity contribution in [1.82, 2.24) is 30.1 Å². The molecule has 7 heteroatoms. The van der Waals surface area contributed by atoms with Gasteiger partial charge < -0.3 is 4.98 Å². The highest BCUT2D eigenvalue weighted by molar-refractivity contribution is 5.80. The molecule has 36 heavy (non-hydrogen) atoms. The zero-order valence-corrected chi connectivity index (χ0v) is 22.4. The average molecular weight is 487 g/mol. The predicted octanol–water partition coefficient (Wildman–Crippen LogP) is 5.82. The van der Waals surface area contributed by atoms with Gasteiger partial charge in [-0.2, -0.15) is 0 Å². The molecule has 0 amide bonds. The third-order valence-corrected chi connectivity index (χ3v) is 7.37. The fourth-order valence-electron chi connectivity index (χ4n) is 4.68. The summed E-state index contributed by atoms with van der Waals surface area (Å²) in [6.45, 7) is 14.0. The lowest BCUT2D eigenvalue weighted by molar-refractivity contribution is 0.145. The van der Waals surface area contributed by atoms with Crippen LogP contribution in [-0.2, 0) is 18.6 Å². The van der Waals surface area contributed by atoms with Gasteiger partial charge in [0.15, 0.2) is 5.82 Å². The summed E-state index contributed by atoms with van der Waals surface area (Å²) < 4.78 is 1.97. The van der Waals surface area contributed by atoms with Crippen molar-refractivity contribution in [2.24, 2.45) is 0 Å². The smallest absolute Gasteiger partial charge is 0.252 e. The summed E-state index contributed by atoms with van der Waals surface area (Å²) in [7, 11) is 0. The van der Waals surface area contributed by atoms with E-state index < -0.39 is 0 Å². The van der Waals surface area contributed by atoms with Gasteiger partial charge in [-0.15, -0.1) is 5.10 Å². The average Bonchev–Trinajstić information content (AvgIpc) is 3.35. The number of aryl methyl sites for hydroxylation is 2. The Labute approximate surface area is 213 Å². The van der Waals surface area contributed by atoms with E-state index in [4.69, 9.17) is 0 Å². The number of rotatable bonds is 10. The van der Waals surface area contributed by atoms with Gasteiger partial charge in [-0.3, -0.25) is 9.69 Å². The number of H-pyrrole nitrogens is 1. The third-order valence-electron chi connectivity index (χ3n) is 7.37. The molecule has 4 rings (SSSR count). The van der Waals surface area contributed by atoms with Gasteiger partial charge in [0.05, 0.1) is 11.6 Å². The highest BCUT2D eigenvalue weighted by Crippen LogP contribution is 2.31. The minimum Gasteiger partial charge on any atom is -0.322 e. The summed E-state index contributed by atoms with van der Waals surface area (Å²) in [5, 5.41) is 14.1. The minimum absolute atomic E-state index is 0.0362. The van der Waals surface area contributed by atoms with E-state index in [2.05, 4.69) is 103 Å². The standard InChI is InChI=1S/C29H38N6O/c1-7-12-26(27-31-32-33-35(27)29(5,6)8-2)34(18-22-13-10-9-11-14-22)19-24-17-23-15-20(3)21(4)16-25(23)30-28(24)36/h9-11,13-17,26H,7-8,12,18-19H2,1-6H3,(H,30,36). The van der Waals surface area contributed by atoms with Crippen LogP contribution in [0.5, 0.6) is 0 Å². The molecule has 1 unspecified atom stereocenters. The number of aromatic amines is 1. The molecule has 0 saturated carbocycles. The number of tetrazole rings is 1. The molecule has 0 radical (unpaired) electrons. The first-order valence-corrected chi connectivity index (χ1v) is 12.9. The summed E-state index contributed by atoms with van der Waals surface area (Å²) in [4.78, 5) is 18.7. The van der Waals surface area contributed by atoms with E-state index in [1.165, 1.54) is 16.7 Å². The molecule has 0 aliphatic heterocycles. The maximum absolute atomic E-state index is 13.2. The van der Waals surface area contributed by atoms with Crippen LogP contribution < -0.4 is 5.56 Å². The molecule has 1 N–H and O–H groups in total. The predicted molar refractivity (Wildman–Crippen MR) is 145 cm³/mol. The summed E-state index contributed by atoms with van der Waals surface area (Å²) in [5.41, 5.74) is 4.94. The van der Waals surface area contributed by atoms with Gasteiger partial charge in [-0.25, -0.2) is 4.68 Å². The molecule has 2 aromatic heterocycles. The first kappa shape index (κ1) is 25.8. The zero-order valence-electron chi connectivity index (χ0n) is 22.4. The Kier molecular flexibility index (Phi) is 7.69. The van der Waals surface area contributed by atoms with Crippen molar-refractivity contribution in [1.29, 1.82) is 0 Å². The molecule has 7 nitrogen and oxygen atoms in total. The summed E-state index contributed by atoms with van der Waals surface area (Å²) in [6, 6.07) is 16.6. The first-order chi connectivity index (χ1) is 17.2. The van der Waals surface area contributed by atoms with Gasteiger partial charge >= 0.3 is 0 Å². The molecular weight excluding hydrogens is 448 g/mol. The number of benzene rings is 2. The summed E-state index contributed by atoms with van der Waals surface area (Å²) in [5.74, 6) is 0.850. The van der Waals surface area contributed by atoms with Crippen molar-refractivity contribution in [3.8, 4) is 0 Å². The van der Waals surface area contributed by atoms with Crippen LogP contribution in [0.15, 0.2) is 53.3 Å². The number of nitrogens with zero attached hydrogens (tertiary/aromatic N) is 5. The molecule has 2 heterocycles. The Balaban J connectivity index is 1.80. The minimum atomic E-state index is -0.209. The van der Waals surface area contributed by atoms with Crippen LogP contribution in [0, 0.1) is 13.8 Å². The zero-order chi connectivity index (χ0) is 25.9.